The van der Waals surface area contributed by atoms with Gasteiger partial charge in [-0.25, -0.2) is 14.8 Å². The number of aromatic nitrogens is 3. The Labute approximate surface area is 160 Å². The van der Waals surface area contributed by atoms with Crippen molar-refractivity contribution in [2.45, 2.75) is 19.9 Å². The summed E-state index contributed by atoms with van der Waals surface area (Å²) >= 11 is 12.0. The summed E-state index contributed by atoms with van der Waals surface area (Å²) in [7, 11) is 0. The van der Waals surface area contributed by atoms with Crippen molar-refractivity contribution in [1.82, 2.24) is 20.0 Å². The SMILES string of the molecule is CCc1nc(NNCc2ccccc2)nc(=O)n1-c1ccc(Cl)c(Cl)c1. The molecule has 0 radical (unpaired) electrons. The molecule has 0 saturated heterocycles. The van der Waals surface area contributed by atoms with Gasteiger partial charge in [-0.1, -0.05) is 60.5 Å². The standard InChI is InChI=1S/C18H17Cl2N5O/c1-2-16-22-17(24-21-11-12-6-4-3-5-7-12)23-18(26)25(16)13-8-9-14(19)15(20)10-13/h3-10,21H,2,11H2,1H3,(H,23,24,26). The lowest BCUT2D eigenvalue weighted by Gasteiger charge is -2.13. The molecule has 2 aromatic carbocycles. The van der Waals surface area contributed by atoms with Crippen LogP contribution in [0.1, 0.15) is 18.3 Å². The molecule has 0 spiro atoms. The summed E-state index contributed by atoms with van der Waals surface area (Å²) in [5.74, 6) is 0.784. The molecule has 0 aliphatic carbocycles. The Kier molecular flexibility index (Phi) is 5.88. The molecule has 0 aliphatic heterocycles. The fourth-order valence-corrected chi connectivity index (χ4v) is 2.74. The highest BCUT2D eigenvalue weighted by Crippen LogP contribution is 2.24. The monoisotopic (exact) mass is 389 g/mol. The summed E-state index contributed by atoms with van der Waals surface area (Å²) in [4.78, 5) is 20.9. The Morgan fingerprint density at radius 1 is 1.04 bits per heavy atom. The van der Waals surface area contributed by atoms with Crippen molar-refractivity contribution >= 4 is 29.2 Å². The molecule has 0 atom stereocenters. The number of rotatable bonds is 6. The lowest BCUT2D eigenvalue weighted by Crippen LogP contribution is -2.30. The molecule has 8 heteroatoms. The van der Waals surface area contributed by atoms with Gasteiger partial charge in [-0.15, -0.1) is 0 Å². The van der Waals surface area contributed by atoms with Crippen molar-refractivity contribution in [2.24, 2.45) is 0 Å². The molecular formula is C18H17Cl2N5O. The lowest BCUT2D eigenvalue weighted by atomic mass is 10.2. The molecular weight excluding hydrogens is 373 g/mol. The molecule has 1 aromatic heterocycles. The summed E-state index contributed by atoms with van der Waals surface area (Å²) in [6.07, 6.45) is 0.547. The van der Waals surface area contributed by atoms with Crippen molar-refractivity contribution in [1.29, 1.82) is 0 Å². The second-order valence-corrected chi connectivity index (χ2v) is 6.31. The van der Waals surface area contributed by atoms with E-state index in [9.17, 15) is 4.79 Å². The maximum Gasteiger partial charge on any atom is 0.356 e. The third-order valence-corrected chi connectivity index (χ3v) is 4.44. The van der Waals surface area contributed by atoms with Gasteiger partial charge in [-0.3, -0.25) is 5.43 Å². The van der Waals surface area contributed by atoms with E-state index in [0.717, 1.165) is 5.56 Å². The number of hydrazine groups is 1. The molecule has 134 valence electrons. The Morgan fingerprint density at radius 2 is 1.81 bits per heavy atom. The van der Waals surface area contributed by atoms with Crippen LogP contribution in [0.2, 0.25) is 10.0 Å². The van der Waals surface area contributed by atoms with Gasteiger partial charge in [0.1, 0.15) is 5.82 Å². The van der Waals surface area contributed by atoms with Crippen LogP contribution in [0.3, 0.4) is 0 Å². The number of benzene rings is 2. The van der Waals surface area contributed by atoms with Gasteiger partial charge in [0.15, 0.2) is 0 Å². The van der Waals surface area contributed by atoms with E-state index in [2.05, 4.69) is 20.8 Å². The normalized spacial score (nSPS) is 10.7. The number of halogens is 2. The van der Waals surface area contributed by atoms with Gasteiger partial charge in [0.2, 0.25) is 5.95 Å². The number of nitrogens with zero attached hydrogens (tertiary/aromatic N) is 3. The summed E-state index contributed by atoms with van der Waals surface area (Å²) in [6.45, 7) is 2.48. The van der Waals surface area contributed by atoms with Gasteiger partial charge in [-0.2, -0.15) is 9.97 Å². The zero-order chi connectivity index (χ0) is 18.5. The molecule has 0 saturated carbocycles. The van der Waals surface area contributed by atoms with Crippen LogP contribution in [0.4, 0.5) is 5.95 Å². The van der Waals surface area contributed by atoms with E-state index in [4.69, 9.17) is 23.2 Å². The molecule has 6 nitrogen and oxygen atoms in total. The highest BCUT2D eigenvalue weighted by Gasteiger charge is 2.12. The van der Waals surface area contributed by atoms with E-state index >= 15 is 0 Å². The van der Waals surface area contributed by atoms with Crippen molar-refractivity contribution in [3.8, 4) is 5.69 Å². The van der Waals surface area contributed by atoms with Crippen LogP contribution < -0.4 is 16.5 Å². The van der Waals surface area contributed by atoms with Crippen molar-refractivity contribution < 1.29 is 0 Å². The first kappa shape index (κ1) is 18.4. The van der Waals surface area contributed by atoms with Gasteiger partial charge in [0, 0.05) is 13.0 Å². The number of nitrogens with one attached hydrogen (secondary N) is 2. The summed E-state index contributed by atoms with van der Waals surface area (Å²) in [5.41, 5.74) is 7.11. The zero-order valence-corrected chi connectivity index (χ0v) is 15.6. The zero-order valence-electron chi connectivity index (χ0n) is 14.0. The third kappa shape index (κ3) is 4.22. The molecule has 0 aliphatic rings. The highest BCUT2D eigenvalue weighted by molar-refractivity contribution is 6.42. The molecule has 0 bridgehead atoms. The minimum absolute atomic E-state index is 0.221. The molecule has 3 aromatic rings. The second kappa shape index (κ2) is 8.31. The second-order valence-electron chi connectivity index (χ2n) is 5.50. The molecule has 26 heavy (non-hydrogen) atoms. The number of hydrogen-bond acceptors (Lipinski definition) is 5. The first-order valence-corrected chi connectivity index (χ1v) is 8.82. The van der Waals surface area contributed by atoms with Crippen molar-refractivity contribution in [2.75, 3.05) is 5.43 Å². The minimum atomic E-state index is -0.445. The Balaban J connectivity index is 1.83. The third-order valence-electron chi connectivity index (χ3n) is 3.70. The molecule has 3 rings (SSSR count). The van der Waals surface area contributed by atoms with Crippen LogP contribution in [0.15, 0.2) is 53.3 Å². The maximum atomic E-state index is 12.5. The molecule has 0 fully saturated rings. The van der Waals surface area contributed by atoms with Gasteiger partial charge >= 0.3 is 5.69 Å². The molecule has 0 amide bonds. The smallest absolute Gasteiger partial charge is 0.289 e. The molecule has 2 N–H and O–H groups in total. The van der Waals surface area contributed by atoms with E-state index in [-0.39, 0.29) is 5.95 Å². The quantitative estimate of drug-likeness (QED) is 0.630. The van der Waals surface area contributed by atoms with Crippen molar-refractivity contribution in [3.05, 3.63) is 80.4 Å². The van der Waals surface area contributed by atoms with Gasteiger partial charge < -0.3 is 0 Å². The Morgan fingerprint density at radius 3 is 2.50 bits per heavy atom. The van der Waals surface area contributed by atoms with Crippen LogP contribution in [0.5, 0.6) is 0 Å². The first-order valence-electron chi connectivity index (χ1n) is 8.06. The minimum Gasteiger partial charge on any atom is -0.289 e. The average molecular weight is 390 g/mol. The molecule has 1 heterocycles. The number of anilines is 1. The predicted molar refractivity (Wildman–Crippen MR) is 104 cm³/mol. The number of aryl methyl sites for hydroxylation is 1. The highest BCUT2D eigenvalue weighted by atomic mass is 35.5. The Hall–Kier alpha value is -2.41. The van der Waals surface area contributed by atoms with Gasteiger partial charge in [0.25, 0.3) is 0 Å². The van der Waals surface area contributed by atoms with Crippen LogP contribution in [-0.2, 0) is 13.0 Å². The first-order chi connectivity index (χ1) is 12.6. The van der Waals surface area contributed by atoms with E-state index < -0.39 is 5.69 Å². The van der Waals surface area contributed by atoms with E-state index in [0.29, 0.717) is 34.5 Å². The fraction of sp³-hybridized carbons (Fsp3) is 0.167. The summed E-state index contributed by atoms with van der Waals surface area (Å²) in [5, 5.41) is 0.788. The van der Waals surface area contributed by atoms with Gasteiger partial charge in [-0.05, 0) is 23.8 Å². The van der Waals surface area contributed by atoms with E-state index in [1.807, 2.05) is 37.3 Å². The van der Waals surface area contributed by atoms with Gasteiger partial charge in [0.05, 0.1) is 15.7 Å². The average Bonchev–Trinajstić information content (AvgIpc) is 2.64. The van der Waals surface area contributed by atoms with E-state index in [1.165, 1.54) is 4.57 Å². The van der Waals surface area contributed by atoms with E-state index in [1.54, 1.807) is 18.2 Å². The van der Waals surface area contributed by atoms with Crippen molar-refractivity contribution in [3.63, 3.8) is 0 Å². The fourth-order valence-electron chi connectivity index (χ4n) is 2.45. The molecule has 0 unspecified atom stereocenters. The number of hydrogen-bond donors (Lipinski definition) is 2. The maximum absolute atomic E-state index is 12.5. The topological polar surface area (TPSA) is 71.8 Å². The Bertz CT molecular complexity index is 960. The lowest BCUT2D eigenvalue weighted by molar-refractivity contribution is 0.735. The summed E-state index contributed by atoms with van der Waals surface area (Å²) in [6, 6.07) is 14.8. The predicted octanol–water partition coefficient (Wildman–Crippen LogP) is 3.61. The van der Waals surface area contributed by atoms with Crippen LogP contribution in [0.25, 0.3) is 5.69 Å². The van der Waals surface area contributed by atoms with Crippen LogP contribution in [0, 0.1) is 0 Å². The van der Waals surface area contributed by atoms with Crippen LogP contribution >= 0.6 is 23.2 Å². The largest absolute Gasteiger partial charge is 0.356 e. The summed E-state index contributed by atoms with van der Waals surface area (Å²) < 4.78 is 1.42. The van der Waals surface area contributed by atoms with Crippen LogP contribution in [-0.4, -0.2) is 14.5 Å².